The monoisotopic (exact) mass is 301 g/mol. The van der Waals surface area contributed by atoms with Crippen molar-refractivity contribution in [3.63, 3.8) is 0 Å². The Balaban J connectivity index is 1.95. The first-order chi connectivity index (χ1) is 10.6. The third kappa shape index (κ3) is 2.71. The number of fused-ring (bicyclic) bond motifs is 1. The van der Waals surface area contributed by atoms with E-state index in [1.165, 1.54) is 0 Å². The molecule has 1 aromatic heterocycles. The molecule has 0 saturated carbocycles. The molecule has 116 valence electrons. The van der Waals surface area contributed by atoms with Crippen LogP contribution in [-0.2, 0) is 0 Å². The lowest BCUT2D eigenvalue weighted by Gasteiger charge is -2.30. The summed E-state index contributed by atoms with van der Waals surface area (Å²) in [4.78, 5) is 26.4. The van der Waals surface area contributed by atoms with E-state index in [1.54, 1.807) is 36.3 Å². The number of ether oxygens (including phenoxy) is 1. The lowest BCUT2D eigenvalue weighted by molar-refractivity contribution is 0.0693. The van der Waals surface area contributed by atoms with Gasteiger partial charge >= 0.3 is 5.63 Å². The van der Waals surface area contributed by atoms with Gasteiger partial charge < -0.3 is 14.1 Å². The average Bonchev–Trinajstić information content (AvgIpc) is 2.53. The number of hydrogen-bond acceptors (Lipinski definition) is 4. The second-order valence-corrected chi connectivity index (χ2v) is 5.83. The van der Waals surface area contributed by atoms with Crippen LogP contribution in [0.3, 0.4) is 0 Å². The number of benzene rings is 1. The van der Waals surface area contributed by atoms with Gasteiger partial charge in [-0.15, -0.1) is 0 Å². The fourth-order valence-corrected chi connectivity index (χ4v) is 2.75. The van der Waals surface area contributed by atoms with Crippen molar-refractivity contribution in [3.05, 3.63) is 40.2 Å². The molecule has 0 spiro atoms. The molecule has 5 nitrogen and oxygen atoms in total. The fraction of sp³-hybridized carbons (Fsp3) is 0.412. The Morgan fingerprint density at radius 3 is 2.68 bits per heavy atom. The van der Waals surface area contributed by atoms with E-state index in [1.807, 2.05) is 0 Å². The molecule has 0 bridgehead atoms. The van der Waals surface area contributed by atoms with Gasteiger partial charge in [0.2, 0.25) is 0 Å². The number of carbonyl (C=O) groups is 1. The summed E-state index contributed by atoms with van der Waals surface area (Å²) in [6.07, 6.45) is 1.95. The van der Waals surface area contributed by atoms with Gasteiger partial charge in [-0.25, -0.2) is 4.79 Å². The Morgan fingerprint density at radius 1 is 1.27 bits per heavy atom. The number of piperidine rings is 1. The molecule has 2 heterocycles. The van der Waals surface area contributed by atoms with Gasteiger partial charge in [-0.2, -0.15) is 0 Å². The van der Waals surface area contributed by atoms with Gasteiger partial charge in [0.15, 0.2) is 0 Å². The van der Waals surface area contributed by atoms with Crippen LogP contribution in [-0.4, -0.2) is 31.0 Å². The van der Waals surface area contributed by atoms with Crippen molar-refractivity contribution in [2.45, 2.75) is 19.8 Å². The predicted molar refractivity (Wildman–Crippen MR) is 83.3 cm³/mol. The summed E-state index contributed by atoms with van der Waals surface area (Å²) >= 11 is 0. The second-order valence-electron chi connectivity index (χ2n) is 5.83. The maximum Gasteiger partial charge on any atom is 0.349 e. The van der Waals surface area contributed by atoms with Crippen molar-refractivity contribution < 1.29 is 13.9 Å². The van der Waals surface area contributed by atoms with Crippen LogP contribution in [0.25, 0.3) is 11.0 Å². The SMILES string of the molecule is COc1ccc2cc(C(=O)N3CCC(C)CC3)c(=O)oc2c1. The Bertz CT molecular complexity index is 757. The summed E-state index contributed by atoms with van der Waals surface area (Å²) in [6, 6.07) is 6.82. The molecule has 0 atom stereocenters. The van der Waals surface area contributed by atoms with Crippen molar-refractivity contribution in [3.8, 4) is 5.75 Å². The van der Waals surface area contributed by atoms with E-state index in [4.69, 9.17) is 9.15 Å². The highest BCUT2D eigenvalue weighted by atomic mass is 16.5. The minimum atomic E-state index is -0.593. The number of likely N-dealkylation sites (tertiary alicyclic amines) is 1. The zero-order valence-corrected chi connectivity index (χ0v) is 12.8. The van der Waals surface area contributed by atoms with Gasteiger partial charge in [0.1, 0.15) is 16.9 Å². The molecule has 1 amide bonds. The molecule has 1 aliphatic heterocycles. The zero-order chi connectivity index (χ0) is 15.7. The lowest BCUT2D eigenvalue weighted by atomic mass is 9.99. The molecular weight excluding hydrogens is 282 g/mol. The summed E-state index contributed by atoms with van der Waals surface area (Å²) in [7, 11) is 1.55. The molecule has 22 heavy (non-hydrogen) atoms. The van der Waals surface area contributed by atoms with Crippen LogP contribution in [0.1, 0.15) is 30.1 Å². The summed E-state index contributed by atoms with van der Waals surface area (Å²) in [5.41, 5.74) is -0.0650. The van der Waals surface area contributed by atoms with E-state index < -0.39 is 5.63 Å². The Kier molecular flexibility index (Phi) is 3.88. The van der Waals surface area contributed by atoms with Crippen LogP contribution < -0.4 is 10.4 Å². The summed E-state index contributed by atoms with van der Waals surface area (Å²) in [5, 5.41) is 0.717. The quantitative estimate of drug-likeness (QED) is 0.800. The van der Waals surface area contributed by atoms with E-state index in [9.17, 15) is 9.59 Å². The van der Waals surface area contributed by atoms with Crippen LogP contribution in [0.2, 0.25) is 0 Å². The number of hydrogen-bond donors (Lipinski definition) is 0. The van der Waals surface area contributed by atoms with Crippen molar-refractivity contribution in [1.29, 1.82) is 0 Å². The van der Waals surface area contributed by atoms with Gasteiger partial charge in [0, 0.05) is 24.5 Å². The Hall–Kier alpha value is -2.30. The minimum absolute atomic E-state index is 0.104. The molecule has 1 saturated heterocycles. The topological polar surface area (TPSA) is 59.8 Å². The molecular formula is C17H19NO4. The van der Waals surface area contributed by atoms with Crippen LogP contribution in [0, 0.1) is 5.92 Å². The molecule has 5 heteroatoms. The van der Waals surface area contributed by atoms with Gasteiger partial charge in [-0.05, 0) is 37.0 Å². The number of rotatable bonds is 2. The van der Waals surface area contributed by atoms with Crippen LogP contribution in [0.5, 0.6) is 5.75 Å². The molecule has 1 aromatic carbocycles. The van der Waals surface area contributed by atoms with E-state index in [0.717, 1.165) is 12.8 Å². The fourth-order valence-electron chi connectivity index (χ4n) is 2.75. The van der Waals surface area contributed by atoms with Gasteiger partial charge in [-0.3, -0.25) is 4.79 Å². The molecule has 0 radical (unpaired) electrons. The highest BCUT2D eigenvalue weighted by Crippen LogP contribution is 2.22. The predicted octanol–water partition coefficient (Wildman–Crippen LogP) is 2.67. The van der Waals surface area contributed by atoms with Crippen LogP contribution in [0.15, 0.2) is 33.5 Å². The maximum absolute atomic E-state index is 12.5. The molecule has 1 fully saturated rings. The second kappa shape index (κ2) is 5.83. The van der Waals surface area contributed by atoms with Crippen molar-refractivity contribution >= 4 is 16.9 Å². The molecule has 0 unspecified atom stereocenters. The summed E-state index contributed by atoms with van der Waals surface area (Å²) in [5.74, 6) is 1.00. The largest absolute Gasteiger partial charge is 0.497 e. The van der Waals surface area contributed by atoms with Crippen molar-refractivity contribution in [2.24, 2.45) is 5.92 Å². The zero-order valence-electron chi connectivity index (χ0n) is 12.8. The molecule has 3 rings (SSSR count). The first-order valence-electron chi connectivity index (χ1n) is 7.49. The minimum Gasteiger partial charge on any atom is -0.497 e. The molecule has 1 aliphatic rings. The van der Waals surface area contributed by atoms with E-state index in [-0.39, 0.29) is 11.5 Å². The van der Waals surface area contributed by atoms with Crippen molar-refractivity contribution in [2.75, 3.05) is 20.2 Å². The average molecular weight is 301 g/mol. The highest BCUT2D eigenvalue weighted by molar-refractivity contribution is 5.96. The van der Waals surface area contributed by atoms with E-state index in [2.05, 4.69) is 6.92 Å². The first kappa shape index (κ1) is 14.6. The molecule has 0 N–H and O–H groups in total. The third-order valence-corrected chi connectivity index (χ3v) is 4.24. The Morgan fingerprint density at radius 2 is 2.00 bits per heavy atom. The summed E-state index contributed by atoms with van der Waals surface area (Å²) in [6.45, 7) is 3.57. The first-order valence-corrected chi connectivity index (χ1v) is 7.49. The molecule has 0 aliphatic carbocycles. The van der Waals surface area contributed by atoms with Crippen LogP contribution >= 0.6 is 0 Å². The number of amides is 1. The number of nitrogens with zero attached hydrogens (tertiary/aromatic N) is 1. The highest BCUT2D eigenvalue weighted by Gasteiger charge is 2.24. The number of carbonyl (C=O) groups excluding carboxylic acids is 1. The smallest absolute Gasteiger partial charge is 0.349 e. The van der Waals surface area contributed by atoms with Gasteiger partial charge in [-0.1, -0.05) is 6.92 Å². The van der Waals surface area contributed by atoms with Gasteiger partial charge in [0.05, 0.1) is 7.11 Å². The third-order valence-electron chi connectivity index (χ3n) is 4.24. The van der Waals surface area contributed by atoms with E-state index in [0.29, 0.717) is 35.7 Å². The van der Waals surface area contributed by atoms with E-state index >= 15 is 0 Å². The molecule has 2 aromatic rings. The van der Waals surface area contributed by atoms with Crippen molar-refractivity contribution in [1.82, 2.24) is 4.90 Å². The summed E-state index contributed by atoms with van der Waals surface area (Å²) < 4.78 is 10.4. The lowest BCUT2D eigenvalue weighted by Crippen LogP contribution is -2.39. The standard InChI is InChI=1S/C17H19NO4/c1-11-5-7-18(8-6-11)16(19)14-9-12-3-4-13(21-2)10-15(12)22-17(14)20/h3-4,9-11H,5-8H2,1-2H3. The van der Waals surface area contributed by atoms with Gasteiger partial charge in [0.25, 0.3) is 5.91 Å². The van der Waals surface area contributed by atoms with Crippen LogP contribution in [0.4, 0.5) is 0 Å². The number of methoxy groups -OCH3 is 1. The normalized spacial score (nSPS) is 16.0. The Labute approximate surface area is 128 Å². The maximum atomic E-state index is 12.5.